The lowest BCUT2D eigenvalue weighted by atomic mass is 10.1. The summed E-state index contributed by atoms with van der Waals surface area (Å²) in [6, 6.07) is 12.9. The Labute approximate surface area is 194 Å². The Kier molecular flexibility index (Phi) is 5.41. The first-order valence-corrected chi connectivity index (χ1v) is 11.6. The van der Waals surface area contributed by atoms with Crippen molar-refractivity contribution in [2.24, 2.45) is 0 Å². The van der Waals surface area contributed by atoms with Gasteiger partial charge in [0.05, 0.1) is 25.0 Å². The van der Waals surface area contributed by atoms with Gasteiger partial charge in [-0.1, -0.05) is 17.8 Å². The van der Waals surface area contributed by atoms with Gasteiger partial charge in [-0.25, -0.2) is 9.67 Å². The number of benzene rings is 2. The molecule has 168 valence electrons. The Balaban J connectivity index is 1.42. The maximum absolute atomic E-state index is 13.3. The Morgan fingerprint density at radius 3 is 2.70 bits per heavy atom. The molecule has 8 nitrogen and oxygen atoms in total. The van der Waals surface area contributed by atoms with E-state index in [1.165, 1.54) is 17.3 Å². The van der Waals surface area contributed by atoms with Crippen LogP contribution in [0.5, 0.6) is 5.75 Å². The summed E-state index contributed by atoms with van der Waals surface area (Å²) in [5.74, 6) is 1.18. The lowest BCUT2D eigenvalue weighted by molar-refractivity contribution is -0.116. The average molecular weight is 462 g/mol. The summed E-state index contributed by atoms with van der Waals surface area (Å²) < 4.78 is 8.48. The molecule has 0 radical (unpaired) electrons. The molecule has 1 aliphatic rings. The number of amides is 1. The zero-order valence-corrected chi connectivity index (χ0v) is 19.3. The van der Waals surface area contributed by atoms with Gasteiger partial charge in [-0.15, -0.1) is 0 Å². The number of carbonyl (C=O) groups excluding carboxylic acids is 1. The van der Waals surface area contributed by atoms with E-state index in [0.29, 0.717) is 27.6 Å². The van der Waals surface area contributed by atoms with Crippen molar-refractivity contribution in [1.29, 1.82) is 0 Å². The first-order valence-electron chi connectivity index (χ1n) is 10.6. The van der Waals surface area contributed by atoms with E-state index in [4.69, 9.17) is 9.72 Å². The molecule has 0 spiro atoms. The lowest BCUT2D eigenvalue weighted by Crippen LogP contribution is -2.27. The fraction of sp³-hybridized carbons (Fsp3) is 0.250. The van der Waals surface area contributed by atoms with Crippen LogP contribution in [-0.2, 0) is 4.79 Å². The van der Waals surface area contributed by atoms with E-state index >= 15 is 0 Å². The minimum Gasteiger partial charge on any atom is -0.497 e. The van der Waals surface area contributed by atoms with E-state index in [-0.39, 0.29) is 23.9 Å². The third kappa shape index (κ3) is 3.89. The van der Waals surface area contributed by atoms with Gasteiger partial charge < -0.3 is 10.1 Å². The van der Waals surface area contributed by atoms with Crippen molar-refractivity contribution in [2.75, 3.05) is 18.2 Å². The molecular weight excluding hydrogens is 438 g/mol. The van der Waals surface area contributed by atoms with Gasteiger partial charge in [0.25, 0.3) is 5.56 Å². The number of aromatic nitrogens is 4. The van der Waals surface area contributed by atoms with Crippen LogP contribution in [0.25, 0.3) is 16.7 Å². The number of nitrogens with one attached hydrogen (secondary N) is 1. The minimum absolute atomic E-state index is 0.156. The van der Waals surface area contributed by atoms with Crippen LogP contribution < -0.4 is 15.6 Å². The van der Waals surface area contributed by atoms with Gasteiger partial charge in [0.15, 0.2) is 10.8 Å². The summed E-state index contributed by atoms with van der Waals surface area (Å²) in [7, 11) is 1.59. The number of hydrogen-bond donors (Lipinski definition) is 1. The minimum atomic E-state index is -0.266. The van der Waals surface area contributed by atoms with E-state index in [9.17, 15) is 9.59 Å². The topological polar surface area (TPSA) is 91.0 Å². The molecule has 0 aliphatic carbocycles. The Morgan fingerprint density at radius 2 is 1.97 bits per heavy atom. The van der Waals surface area contributed by atoms with Crippen LogP contribution in [-0.4, -0.2) is 38.1 Å². The molecular formula is C24H23N5O3S. The predicted octanol–water partition coefficient (Wildman–Crippen LogP) is 3.88. The average Bonchev–Trinajstić information content (AvgIpc) is 3.41. The largest absolute Gasteiger partial charge is 0.497 e. The molecule has 9 heteroatoms. The maximum atomic E-state index is 13.3. The van der Waals surface area contributed by atoms with E-state index < -0.39 is 0 Å². The van der Waals surface area contributed by atoms with E-state index in [0.717, 1.165) is 17.0 Å². The quantitative estimate of drug-likeness (QED) is 0.454. The smallest absolute Gasteiger partial charge is 0.265 e. The number of fused-ring (bicyclic) bond motifs is 2. The maximum Gasteiger partial charge on any atom is 0.265 e. The molecule has 0 fully saturated rings. The summed E-state index contributed by atoms with van der Waals surface area (Å²) in [5.41, 5.74) is 4.25. The number of thioether (sulfide) groups is 1. The molecule has 1 N–H and O–H groups in total. The zero-order valence-electron chi connectivity index (χ0n) is 18.5. The van der Waals surface area contributed by atoms with Gasteiger partial charge in [-0.3, -0.25) is 14.2 Å². The highest BCUT2D eigenvalue weighted by molar-refractivity contribution is 7.99. The van der Waals surface area contributed by atoms with Gasteiger partial charge in [0, 0.05) is 17.9 Å². The van der Waals surface area contributed by atoms with Crippen molar-refractivity contribution in [3.8, 4) is 11.4 Å². The third-order valence-electron chi connectivity index (χ3n) is 5.90. The van der Waals surface area contributed by atoms with Crippen molar-refractivity contribution in [3.63, 3.8) is 0 Å². The van der Waals surface area contributed by atoms with E-state index in [2.05, 4.69) is 17.3 Å². The molecule has 4 aromatic rings. The molecule has 2 aromatic carbocycles. The molecule has 1 unspecified atom stereocenters. The van der Waals surface area contributed by atoms with E-state index in [1.54, 1.807) is 46.8 Å². The van der Waals surface area contributed by atoms with Crippen molar-refractivity contribution in [1.82, 2.24) is 19.3 Å². The second-order valence-electron chi connectivity index (χ2n) is 8.08. The molecule has 1 atom stereocenters. The number of anilines is 1. The van der Waals surface area contributed by atoms with Crippen LogP contribution in [0.1, 0.15) is 23.6 Å². The first-order chi connectivity index (χ1) is 15.9. The molecule has 0 saturated carbocycles. The van der Waals surface area contributed by atoms with E-state index in [1.807, 2.05) is 25.1 Å². The standard InChI is InChI=1S/C24H23N5O3S/c1-14-4-7-17(10-15(14)2)29-22-20(12-25-29)23(31)28-18(13-33-24(28)27-22)11-21(30)26-16-5-8-19(32-3)9-6-16/h4-10,12,18H,11,13H2,1-3H3,(H,26,30). The molecule has 2 aromatic heterocycles. The summed E-state index contributed by atoms with van der Waals surface area (Å²) in [6.45, 7) is 4.10. The number of methoxy groups -OCH3 is 1. The van der Waals surface area contributed by atoms with Crippen molar-refractivity contribution < 1.29 is 9.53 Å². The third-order valence-corrected chi connectivity index (χ3v) is 7.00. The number of nitrogens with zero attached hydrogens (tertiary/aromatic N) is 4. The summed E-state index contributed by atoms with van der Waals surface area (Å²) in [5, 5.41) is 8.38. The van der Waals surface area contributed by atoms with Gasteiger partial charge in [-0.05, 0) is 61.4 Å². The number of rotatable bonds is 5. The number of ether oxygens (including phenoxy) is 1. The van der Waals surface area contributed by atoms with Crippen molar-refractivity contribution in [3.05, 3.63) is 70.1 Å². The Bertz CT molecular complexity index is 1420. The van der Waals surface area contributed by atoms with Crippen LogP contribution in [0.15, 0.2) is 58.6 Å². The number of hydrogen-bond acceptors (Lipinski definition) is 6. The molecule has 33 heavy (non-hydrogen) atoms. The number of aryl methyl sites for hydroxylation is 2. The van der Waals surface area contributed by atoms with Crippen LogP contribution >= 0.6 is 11.8 Å². The van der Waals surface area contributed by atoms with Crippen molar-refractivity contribution >= 4 is 34.4 Å². The van der Waals surface area contributed by atoms with Crippen LogP contribution in [0.4, 0.5) is 5.69 Å². The van der Waals surface area contributed by atoms with Crippen LogP contribution in [0, 0.1) is 13.8 Å². The fourth-order valence-corrected chi connectivity index (χ4v) is 5.06. The summed E-state index contributed by atoms with van der Waals surface area (Å²) in [4.78, 5) is 30.7. The molecule has 0 saturated heterocycles. The molecule has 0 bridgehead atoms. The zero-order chi connectivity index (χ0) is 23.1. The molecule has 1 aliphatic heterocycles. The first kappa shape index (κ1) is 21.3. The Hall–Kier alpha value is -3.59. The summed E-state index contributed by atoms with van der Waals surface area (Å²) >= 11 is 1.49. The normalized spacial score (nSPS) is 14.9. The second kappa shape index (κ2) is 8.40. The SMILES string of the molecule is COc1ccc(NC(=O)CC2CSc3nc4c(cnn4-c4ccc(C)c(C)c4)c(=O)n32)cc1. The lowest BCUT2D eigenvalue weighted by Gasteiger charge is -2.14. The molecule has 3 heterocycles. The number of carbonyl (C=O) groups is 1. The van der Waals surface area contributed by atoms with Gasteiger partial charge >= 0.3 is 0 Å². The van der Waals surface area contributed by atoms with Crippen LogP contribution in [0.2, 0.25) is 0 Å². The highest BCUT2D eigenvalue weighted by Gasteiger charge is 2.29. The van der Waals surface area contributed by atoms with Crippen molar-refractivity contribution in [2.45, 2.75) is 31.5 Å². The second-order valence-corrected chi connectivity index (χ2v) is 9.06. The molecule has 5 rings (SSSR count). The highest BCUT2D eigenvalue weighted by Crippen LogP contribution is 2.33. The predicted molar refractivity (Wildman–Crippen MR) is 129 cm³/mol. The Morgan fingerprint density at radius 1 is 1.18 bits per heavy atom. The monoisotopic (exact) mass is 461 g/mol. The summed E-state index contributed by atoms with van der Waals surface area (Å²) in [6.07, 6.45) is 1.75. The van der Waals surface area contributed by atoms with Gasteiger partial charge in [-0.2, -0.15) is 5.10 Å². The fourth-order valence-electron chi connectivity index (χ4n) is 3.93. The van der Waals surface area contributed by atoms with Crippen LogP contribution in [0.3, 0.4) is 0 Å². The molecule has 1 amide bonds. The van der Waals surface area contributed by atoms with Gasteiger partial charge in [0.2, 0.25) is 5.91 Å². The van der Waals surface area contributed by atoms with Gasteiger partial charge in [0.1, 0.15) is 11.1 Å². The highest BCUT2D eigenvalue weighted by atomic mass is 32.2.